The number of aliphatic hydroxyl groups is 1. The number of rotatable bonds is 5. The molecular weight excluding hydrogens is 250 g/mol. The summed E-state index contributed by atoms with van der Waals surface area (Å²) in [5.74, 6) is 1.40. The van der Waals surface area contributed by atoms with Gasteiger partial charge in [0.05, 0.1) is 11.0 Å². The lowest BCUT2D eigenvalue weighted by Gasteiger charge is -2.19. The molecule has 4 nitrogen and oxygen atoms in total. The van der Waals surface area contributed by atoms with E-state index in [1.165, 1.54) is 0 Å². The maximum absolute atomic E-state index is 9.99. The van der Waals surface area contributed by atoms with Crippen LogP contribution in [0.25, 0.3) is 11.0 Å². The third-order valence-electron chi connectivity index (χ3n) is 3.72. The van der Waals surface area contributed by atoms with E-state index in [9.17, 15) is 5.11 Å². The first-order valence-electron chi connectivity index (χ1n) is 7.35. The van der Waals surface area contributed by atoms with Crippen LogP contribution in [0, 0.1) is 5.92 Å². The van der Waals surface area contributed by atoms with Gasteiger partial charge in [-0.15, -0.1) is 0 Å². The second kappa shape index (κ2) is 5.83. The zero-order valence-corrected chi connectivity index (χ0v) is 12.8. The van der Waals surface area contributed by atoms with Gasteiger partial charge in [-0.1, -0.05) is 13.8 Å². The Morgan fingerprint density at radius 2 is 1.90 bits per heavy atom. The monoisotopic (exact) mass is 275 g/mol. The smallest absolute Gasteiger partial charge is 0.138 e. The molecule has 0 spiro atoms. The van der Waals surface area contributed by atoms with Gasteiger partial charge >= 0.3 is 0 Å². The van der Waals surface area contributed by atoms with Gasteiger partial charge in [-0.05, 0) is 50.8 Å². The molecule has 0 aliphatic carbocycles. The van der Waals surface area contributed by atoms with E-state index < -0.39 is 6.10 Å². The standard InChI is InChI=1S/C16H25N3O/c1-10(2)5-6-11(3)19-15-8-7-13(17)9-14(15)18-16(19)12(4)20/h7-12,20H,5-6,17H2,1-4H3. The number of nitrogens with two attached hydrogens (primary N) is 1. The van der Waals surface area contributed by atoms with Gasteiger partial charge in [0, 0.05) is 11.7 Å². The molecule has 0 saturated heterocycles. The van der Waals surface area contributed by atoms with Crippen LogP contribution in [0.4, 0.5) is 5.69 Å². The number of aromatic nitrogens is 2. The highest BCUT2D eigenvalue weighted by Crippen LogP contribution is 2.29. The second-order valence-electron chi connectivity index (χ2n) is 6.08. The number of benzene rings is 1. The number of nitrogens with zero attached hydrogens (tertiary/aromatic N) is 2. The molecule has 3 N–H and O–H groups in total. The molecule has 1 aromatic carbocycles. The molecule has 0 fully saturated rings. The number of hydrogen-bond donors (Lipinski definition) is 2. The Morgan fingerprint density at radius 3 is 2.50 bits per heavy atom. The van der Waals surface area contributed by atoms with Crippen molar-refractivity contribution in [3.63, 3.8) is 0 Å². The highest BCUT2D eigenvalue weighted by atomic mass is 16.3. The normalized spacial score (nSPS) is 14.9. The fraction of sp³-hybridized carbons (Fsp3) is 0.562. The maximum atomic E-state index is 9.99. The van der Waals surface area contributed by atoms with E-state index >= 15 is 0 Å². The van der Waals surface area contributed by atoms with Crippen LogP contribution >= 0.6 is 0 Å². The molecule has 110 valence electrons. The van der Waals surface area contributed by atoms with Gasteiger partial charge in [-0.2, -0.15) is 0 Å². The SMILES string of the molecule is CC(C)CCC(C)n1c(C(C)O)nc2cc(N)ccc21. The number of aliphatic hydroxyl groups excluding tert-OH is 1. The van der Waals surface area contributed by atoms with E-state index in [2.05, 4.69) is 30.3 Å². The Labute approximate surface area is 120 Å². The van der Waals surface area contributed by atoms with E-state index in [4.69, 9.17) is 5.73 Å². The summed E-state index contributed by atoms with van der Waals surface area (Å²) < 4.78 is 2.15. The minimum atomic E-state index is -0.579. The van der Waals surface area contributed by atoms with Crippen molar-refractivity contribution in [2.45, 2.75) is 52.7 Å². The van der Waals surface area contributed by atoms with Crippen LogP contribution in [-0.2, 0) is 0 Å². The van der Waals surface area contributed by atoms with Crippen molar-refractivity contribution in [1.29, 1.82) is 0 Å². The molecule has 2 aromatic rings. The maximum Gasteiger partial charge on any atom is 0.138 e. The highest BCUT2D eigenvalue weighted by molar-refractivity contribution is 5.79. The molecule has 0 aliphatic heterocycles. The Kier molecular flexibility index (Phi) is 4.33. The summed E-state index contributed by atoms with van der Waals surface area (Å²) >= 11 is 0. The van der Waals surface area contributed by atoms with E-state index in [0.29, 0.717) is 17.6 Å². The number of anilines is 1. The first-order chi connectivity index (χ1) is 9.40. The highest BCUT2D eigenvalue weighted by Gasteiger charge is 2.19. The molecule has 0 saturated carbocycles. The fourth-order valence-electron chi connectivity index (χ4n) is 2.60. The Bertz CT molecular complexity index is 587. The molecular formula is C16H25N3O. The van der Waals surface area contributed by atoms with Gasteiger partial charge < -0.3 is 15.4 Å². The lowest BCUT2D eigenvalue weighted by atomic mass is 10.0. The van der Waals surface area contributed by atoms with Crippen LogP contribution in [0.5, 0.6) is 0 Å². The summed E-state index contributed by atoms with van der Waals surface area (Å²) in [6.45, 7) is 8.41. The number of nitrogen functional groups attached to an aromatic ring is 1. The molecule has 20 heavy (non-hydrogen) atoms. The average Bonchev–Trinajstić information content (AvgIpc) is 2.74. The predicted molar refractivity (Wildman–Crippen MR) is 83.6 cm³/mol. The van der Waals surface area contributed by atoms with Crippen molar-refractivity contribution >= 4 is 16.7 Å². The molecule has 0 aliphatic rings. The van der Waals surface area contributed by atoms with Crippen LogP contribution in [0.15, 0.2) is 18.2 Å². The number of hydrogen-bond acceptors (Lipinski definition) is 3. The van der Waals surface area contributed by atoms with Gasteiger partial charge in [-0.3, -0.25) is 0 Å². The van der Waals surface area contributed by atoms with E-state index in [1.807, 2.05) is 18.2 Å². The molecule has 4 heteroatoms. The quantitative estimate of drug-likeness (QED) is 0.818. The van der Waals surface area contributed by atoms with Crippen molar-refractivity contribution < 1.29 is 5.11 Å². The lowest BCUT2D eigenvalue weighted by Crippen LogP contribution is -2.12. The summed E-state index contributed by atoms with van der Waals surface area (Å²) in [4.78, 5) is 4.55. The van der Waals surface area contributed by atoms with Crippen molar-refractivity contribution in [2.75, 3.05) is 5.73 Å². The summed E-state index contributed by atoms with van der Waals surface area (Å²) in [6, 6.07) is 6.07. The van der Waals surface area contributed by atoms with Crippen LogP contribution in [0.3, 0.4) is 0 Å². The van der Waals surface area contributed by atoms with E-state index in [0.717, 1.165) is 29.7 Å². The molecule has 0 radical (unpaired) electrons. The summed E-state index contributed by atoms with van der Waals surface area (Å²) in [6.07, 6.45) is 1.66. The van der Waals surface area contributed by atoms with Crippen LogP contribution < -0.4 is 5.73 Å². The third-order valence-corrected chi connectivity index (χ3v) is 3.72. The van der Waals surface area contributed by atoms with Crippen LogP contribution in [-0.4, -0.2) is 14.7 Å². The van der Waals surface area contributed by atoms with Gasteiger partial charge in [0.15, 0.2) is 0 Å². The first kappa shape index (κ1) is 14.9. The van der Waals surface area contributed by atoms with E-state index in [1.54, 1.807) is 6.92 Å². The molecule has 0 bridgehead atoms. The Hall–Kier alpha value is -1.55. The first-order valence-corrected chi connectivity index (χ1v) is 7.35. The Balaban J connectivity index is 2.45. The molecule has 2 rings (SSSR count). The zero-order valence-electron chi connectivity index (χ0n) is 12.8. The average molecular weight is 275 g/mol. The zero-order chi connectivity index (χ0) is 14.9. The van der Waals surface area contributed by atoms with Crippen LogP contribution in [0.1, 0.15) is 58.5 Å². The van der Waals surface area contributed by atoms with Gasteiger partial charge in [-0.25, -0.2) is 4.98 Å². The molecule has 1 heterocycles. The summed E-state index contributed by atoms with van der Waals surface area (Å²) in [5.41, 5.74) is 8.43. The fourth-order valence-corrected chi connectivity index (χ4v) is 2.60. The summed E-state index contributed by atoms with van der Waals surface area (Å²) in [5, 5.41) is 9.99. The van der Waals surface area contributed by atoms with E-state index in [-0.39, 0.29) is 0 Å². The number of fused-ring (bicyclic) bond motifs is 1. The van der Waals surface area contributed by atoms with Crippen molar-refractivity contribution in [3.8, 4) is 0 Å². The molecule has 0 amide bonds. The lowest BCUT2D eigenvalue weighted by molar-refractivity contribution is 0.181. The van der Waals surface area contributed by atoms with Gasteiger partial charge in [0.25, 0.3) is 0 Å². The largest absolute Gasteiger partial charge is 0.399 e. The Morgan fingerprint density at radius 1 is 1.20 bits per heavy atom. The minimum absolute atomic E-state index is 0.315. The van der Waals surface area contributed by atoms with Crippen molar-refractivity contribution in [2.24, 2.45) is 5.92 Å². The van der Waals surface area contributed by atoms with Gasteiger partial charge in [0.1, 0.15) is 11.9 Å². The topological polar surface area (TPSA) is 64.1 Å². The molecule has 2 unspecified atom stereocenters. The second-order valence-corrected chi connectivity index (χ2v) is 6.08. The van der Waals surface area contributed by atoms with Crippen LogP contribution in [0.2, 0.25) is 0 Å². The predicted octanol–water partition coefficient (Wildman–Crippen LogP) is 3.67. The van der Waals surface area contributed by atoms with Crippen molar-refractivity contribution in [1.82, 2.24) is 9.55 Å². The third kappa shape index (κ3) is 2.96. The number of imidazole rings is 1. The molecule has 1 aromatic heterocycles. The molecule has 2 atom stereocenters. The minimum Gasteiger partial charge on any atom is -0.399 e. The van der Waals surface area contributed by atoms with Gasteiger partial charge in [0.2, 0.25) is 0 Å². The summed E-state index contributed by atoms with van der Waals surface area (Å²) in [7, 11) is 0. The van der Waals surface area contributed by atoms with Crippen molar-refractivity contribution in [3.05, 3.63) is 24.0 Å².